The van der Waals surface area contributed by atoms with Crippen molar-refractivity contribution >= 4 is 67.6 Å². The minimum absolute atomic E-state index is 0.0898. The van der Waals surface area contributed by atoms with Gasteiger partial charge in [0.15, 0.2) is 0 Å². The first-order valence-electron chi connectivity index (χ1n) is 21.1. The molecule has 0 saturated heterocycles. The summed E-state index contributed by atoms with van der Waals surface area (Å²) >= 11 is 0.301. The fourth-order valence-corrected chi connectivity index (χ4v) is 14.0. The van der Waals surface area contributed by atoms with Gasteiger partial charge in [-0.15, -0.1) is 0 Å². The SMILES string of the molecule is Cc1c(CC(C)(C)C)ccc2c1[se]c1c(-c3cc(Oc4cc(-c5nccc6c5[se]c5c(C)c(CC(C)(C)C)ccc56)cc(C(C)(C)C)c4)cc(C(C)(C)C)c3)nccc12. The molecular formula is C54H60N2OSe2. The van der Waals surface area contributed by atoms with E-state index >= 15 is 0 Å². The normalized spacial score (nSPS) is 13.1. The molecule has 304 valence electrons. The molecule has 8 rings (SSSR count). The third kappa shape index (κ3) is 8.39. The van der Waals surface area contributed by atoms with Crippen LogP contribution >= 0.6 is 0 Å². The fraction of sp³-hybridized carbons (Fsp3) is 0.370. The van der Waals surface area contributed by atoms with Crippen LogP contribution in [0.1, 0.15) is 116 Å². The second-order valence-electron chi connectivity index (χ2n) is 21.3. The van der Waals surface area contributed by atoms with E-state index in [1.165, 1.54) is 72.0 Å². The molecule has 4 aromatic heterocycles. The molecule has 0 unspecified atom stereocenters. The van der Waals surface area contributed by atoms with Gasteiger partial charge in [0.25, 0.3) is 0 Å². The van der Waals surface area contributed by atoms with E-state index in [-0.39, 0.29) is 50.7 Å². The van der Waals surface area contributed by atoms with Crippen molar-refractivity contribution in [1.82, 2.24) is 9.97 Å². The second-order valence-corrected chi connectivity index (χ2v) is 25.6. The Morgan fingerprint density at radius 2 is 0.831 bits per heavy atom. The molecule has 4 aromatic carbocycles. The molecule has 0 N–H and O–H groups in total. The predicted octanol–water partition coefficient (Wildman–Crippen LogP) is 14.7. The van der Waals surface area contributed by atoms with Crippen LogP contribution in [-0.2, 0) is 23.7 Å². The first-order chi connectivity index (χ1) is 27.5. The maximum atomic E-state index is 7.05. The number of rotatable bonds is 6. The number of benzene rings is 4. The molecular weight excluding hydrogens is 851 g/mol. The third-order valence-corrected chi connectivity index (χ3v) is 17.3. The van der Waals surface area contributed by atoms with Crippen molar-refractivity contribution in [1.29, 1.82) is 0 Å². The fourth-order valence-electron chi connectivity index (χ4n) is 8.41. The topological polar surface area (TPSA) is 35.0 Å². The van der Waals surface area contributed by atoms with Gasteiger partial charge in [-0.1, -0.05) is 0 Å². The van der Waals surface area contributed by atoms with Crippen molar-refractivity contribution in [3.63, 3.8) is 0 Å². The van der Waals surface area contributed by atoms with Gasteiger partial charge in [0.2, 0.25) is 0 Å². The Hall–Kier alpha value is -3.98. The van der Waals surface area contributed by atoms with Crippen molar-refractivity contribution in [2.75, 3.05) is 0 Å². The quantitative estimate of drug-likeness (QED) is 0.156. The summed E-state index contributed by atoms with van der Waals surface area (Å²) in [6, 6.07) is 27.5. The van der Waals surface area contributed by atoms with E-state index < -0.39 is 0 Å². The number of nitrogens with zero attached hydrogens (tertiary/aromatic N) is 2. The number of aryl methyl sites for hydroxylation is 2. The molecule has 0 aliphatic heterocycles. The van der Waals surface area contributed by atoms with Gasteiger partial charge in [-0.25, -0.2) is 0 Å². The van der Waals surface area contributed by atoms with Crippen LogP contribution in [-0.4, -0.2) is 39.0 Å². The second kappa shape index (κ2) is 14.9. The summed E-state index contributed by atoms with van der Waals surface area (Å²) in [6.07, 6.45) is 6.15. The van der Waals surface area contributed by atoms with Gasteiger partial charge < -0.3 is 0 Å². The van der Waals surface area contributed by atoms with Crippen molar-refractivity contribution in [2.45, 2.75) is 121 Å². The Labute approximate surface area is 364 Å². The van der Waals surface area contributed by atoms with Crippen LogP contribution in [0.3, 0.4) is 0 Å². The van der Waals surface area contributed by atoms with Crippen LogP contribution < -0.4 is 4.74 Å². The Balaban J connectivity index is 1.25. The van der Waals surface area contributed by atoms with Crippen molar-refractivity contribution in [3.8, 4) is 34.0 Å². The molecule has 0 aliphatic rings. The van der Waals surface area contributed by atoms with Crippen LogP contribution in [0.5, 0.6) is 11.5 Å². The molecule has 0 atom stereocenters. The summed E-state index contributed by atoms with van der Waals surface area (Å²) in [5, 5.41) is 5.40. The zero-order valence-electron chi connectivity index (χ0n) is 37.6. The summed E-state index contributed by atoms with van der Waals surface area (Å²) in [6.45, 7) is 32.3. The van der Waals surface area contributed by atoms with Crippen molar-refractivity contribution < 1.29 is 4.74 Å². The molecule has 59 heavy (non-hydrogen) atoms. The molecule has 4 heterocycles. The summed E-state index contributed by atoms with van der Waals surface area (Å²) in [7, 11) is 0. The molecule has 0 aliphatic carbocycles. The summed E-state index contributed by atoms with van der Waals surface area (Å²) in [4.78, 5) is 10.2. The van der Waals surface area contributed by atoms with Gasteiger partial charge >= 0.3 is 366 Å². The zero-order chi connectivity index (χ0) is 42.4. The first-order valence-corrected chi connectivity index (χ1v) is 24.6. The Morgan fingerprint density at radius 3 is 1.19 bits per heavy atom. The molecule has 0 spiro atoms. The average molecular weight is 911 g/mol. The van der Waals surface area contributed by atoms with Crippen LogP contribution in [0.4, 0.5) is 0 Å². The number of ether oxygens (including phenoxy) is 1. The molecule has 0 bridgehead atoms. The van der Waals surface area contributed by atoms with Gasteiger partial charge in [0.05, 0.1) is 0 Å². The predicted molar refractivity (Wildman–Crippen MR) is 257 cm³/mol. The molecule has 8 aromatic rings. The van der Waals surface area contributed by atoms with E-state index in [4.69, 9.17) is 14.7 Å². The van der Waals surface area contributed by atoms with E-state index in [1.54, 1.807) is 0 Å². The van der Waals surface area contributed by atoms with Gasteiger partial charge in [0.1, 0.15) is 0 Å². The zero-order valence-corrected chi connectivity index (χ0v) is 41.0. The van der Waals surface area contributed by atoms with Crippen LogP contribution in [0.2, 0.25) is 0 Å². The Morgan fingerprint density at radius 1 is 0.458 bits per heavy atom. The maximum absolute atomic E-state index is 7.05. The monoisotopic (exact) mass is 912 g/mol. The van der Waals surface area contributed by atoms with E-state index in [9.17, 15) is 0 Å². The molecule has 0 fully saturated rings. The average Bonchev–Trinajstić information content (AvgIpc) is 3.72. The van der Waals surface area contributed by atoms with Gasteiger partial charge in [-0.3, -0.25) is 0 Å². The Bertz CT molecular complexity index is 2720. The van der Waals surface area contributed by atoms with Gasteiger partial charge in [-0.05, 0) is 0 Å². The molecule has 0 amide bonds. The number of fused-ring (bicyclic) bond motifs is 6. The minimum atomic E-state index is -0.0898. The number of hydrogen-bond donors (Lipinski definition) is 0. The third-order valence-electron chi connectivity index (χ3n) is 11.6. The summed E-state index contributed by atoms with van der Waals surface area (Å²) < 4.78 is 12.8. The molecule has 0 saturated carbocycles. The van der Waals surface area contributed by atoms with Crippen molar-refractivity contribution in [2.24, 2.45) is 10.8 Å². The van der Waals surface area contributed by atoms with Crippen LogP contribution in [0.15, 0.2) is 85.2 Å². The van der Waals surface area contributed by atoms with E-state index in [2.05, 4.69) is 170 Å². The first kappa shape index (κ1) is 41.7. The van der Waals surface area contributed by atoms with Crippen LogP contribution in [0, 0.1) is 24.7 Å². The standard InChI is InChI=1S/C54H60N2OSe2/c1-31-33(29-51(3,4)5)15-17-41-43-19-21-55-45(49(43)58-47(31)41)35-23-37(53(9,10)11)27-39(25-35)57-40-26-36(24-38(28-40)54(12,13)14)46-50-44(20-22-56-46)42-18-16-34(30-52(6,7)8)32(2)48(42)59-50/h15-28H,29-30H2,1-14H3. The summed E-state index contributed by atoms with van der Waals surface area (Å²) in [5.74, 6) is 1.67. The van der Waals surface area contributed by atoms with E-state index in [1.807, 2.05) is 12.4 Å². The van der Waals surface area contributed by atoms with Crippen LogP contribution in [0.25, 0.3) is 61.1 Å². The summed E-state index contributed by atoms with van der Waals surface area (Å²) in [5.41, 5.74) is 12.9. The number of hydrogen-bond acceptors (Lipinski definition) is 3. The molecule has 3 nitrogen and oxygen atoms in total. The Kier molecular flexibility index (Phi) is 10.5. The van der Waals surface area contributed by atoms with E-state index in [0.717, 1.165) is 46.9 Å². The van der Waals surface area contributed by atoms with Gasteiger partial charge in [-0.2, -0.15) is 0 Å². The molecule has 5 heteroatoms. The molecule has 0 radical (unpaired) electrons. The van der Waals surface area contributed by atoms with Crippen molar-refractivity contribution in [3.05, 3.63) is 119 Å². The number of aromatic nitrogens is 2. The number of pyridine rings is 2. The van der Waals surface area contributed by atoms with E-state index in [0.29, 0.717) is 0 Å². The van der Waals surface area contributed by atoms with Gasteiger partial charge in [0, 0.05) is 0 Å².